The maximum atomic E-state index is 12.4. The molecule has 0 spiro atoms. The molecule has 5 nitrogen and oxygen atoms in total. The Balaban J connectivity index is 2.32. The van der Waals surface area contributed by atoms with Crippen molar-refractivity contribution in [2.24, 2.45) is 0 Å². The largest absolute Gasteiger partial charge is 0.352 e. The van der Waals surface area contributed by atoms with Gasteiger partial charge in [-0.15, -0.1) is 0 Å². The van der Waals surface area contributed by atoms with Gasteiger partial charge in [-0.1, -0.05) is 26.0 Å². The highest BCUT2D eigenvalue weighted by atomic mass is 16.2. The number of rotatable bonds is 6. The van der Waals surface area contributed by atoms with Crippen molar-refractivity contribution in [1.29, 1.82) is 0 Å². The summed E-state index contributed by atoms with van der Waals surface area (Å²) in [5.74, 6) is -0.107. The average molecular weight is 289 g/mol. The molecule has 2 aromatic rings. The third-order valence-corrected chi connectivity index (χ3v) is 3.89. The Morgan fingerprint density at radius 1 is 1.10 bits per heavy atom. The smallest absolute Gasteiger partial charge is 0.329 e. The van der Waals surface area contributed by atoms with Crippen LogP contribution in [0.2, 0.25) is 0 Å². The summed E-state index contributed by atoms with van der Waals surface area (Å²) in [6, 6.07) is 7.76. The fraction of sp³-hybridized carbons (Fsp3) is 0.500. The zero-order chi connectivity index (χ0) is 15.4. The molecule has 0 aliphatic carbocycles. The number of imidazole rings is 1. The zero-order valence-corrected chi connectivity index (χ0v) is 12.9. The Morgan fingerprint density at radius 3 is 2.19 bits per heavy atom. The molecule has 114 valence electrons. The van der Waals surface area contributed by atoms with Crippen LogP contribution >= 0.6 is 0 Å². The van der Waals surface area contributed by atoms with Crippen LogP contribution in [0, 0.1) is 0 Å². The first-order valence-electron chi connectivity index (χ1n) is 7.59. The number of benzene rings is 1. The lowest BCUT2D eigenvalue weighted by atomic mass is 10.2. The first-order valence-corrected chi connectivity index (χ1v) is 7.59. The number of aromatic nitrogens is 2. The van der Waals surface area contributed by atoms with Crippen molar-refractivity contribution < 1.29 is 4.79 Å². The second kappa shape index (κ2) is 6.61. The minimum atomic E-state index is -0.126. The monoisotopic (exact) mass is 289 g/mol. The molecular weight excluding hydrogens is 266 g/mol. The van der Waals surface area contributed by atoms with Crippen LogP contribution in [0.4, 0.5) is 0 Å². The van der Waals surface area contributed by atoms with Gasteiger partial charge in [-0.05, 0) is 31.9 Å². The van der Waals surface area contributed by atoms with Crippen molar-refractivity contribution >= 4 is 16.9 Å². The number of fused-ring (bicyclic) bond motifs is 1. The van der Waals surface area contributed by atoms with E-state index in [1.165, 1.54) is 0 Å². The second-order valence-electron chi connectivity index (χ2n) is 5.18. The first-order chi connectivity index (χ1) is 10.1. The van der Waals surface area contributed by atoms with Crippen LogP contribution in [0.5, 0.6) is 0 Å². The molecule has 0 saturated carbocycles. The Morgan fingerprint density at radius 2 is 1.67 bits per heavy atom. The predicted octanol–water partition coefficient (Wildman–Crippen LogP) is 2.13. The molecule has 0 radical (unpaired) electrons. The molecule has 1 N–H and O–H groups in total. The lowest BCUT2D eigenvalue weighted by Crippen LogP contribution is -2.38. The minimum absolute atomic E-state index is 0.0723. The number of nitrogens with one attached hydrogen (secondary N) is 1. The molecule has 1 heterocycles. The van der Waals surface area contributed by atoms with Crippen LogP contribution in [-0.4, -0.2) is 21.1 Å². The van der Waals surface area contributed by atoms with Crippen molar-refractivity contribution in [1.82, 2.24) is 14.5 Å². The molecule has 1 aromatic heterocycles. The molecule has 0 aliphatic heterocycles. The van der Waals surface area contributed by atoms with E-state index >= 15 is 0 Å². The molecule has 1 amide bonds. The Kier molecular flexibility index (Phi) is 4.83. The average Bonchev–Trinajstić information content (AvgIpc) is 2.77. The van der Waals surface area contributed by atoms with Gasteiger partial charge in [-0.2, -0.15) is 0 Å². The van der Waals surface area contributed by atoms with Gasteiger partial charge in [0, 0.05) is 12.6 Å². The van der Waals surface area contributed by atoms with E-state index in [2.05, 4.69) is 5.32 Å². The Bertz CT molecular complexity index is 680. The summed E-state index contributed by atoms with van der Waals surface area (Å²) in [5.41, 5.74) is 1.56. The lowest BCUT2D eigenvalue weighted by molar-refractivity contribution is -0.122. The number of amides is 1. The van der Waals surface area contributed by atoms with Crippen LogP contribution in [0.3, 0.4) is 0 Å². The van der Waals surface area contributed by atoms with E-state index in [1.807, 2.05) is 45.0 Å². The molecule has 0 unspecified atom stereocenters. The van der Waals surface area contributed by atoms with Crippen LogP contribution in [0.15, 0.2) is 29.1 Å². The number of hydrogen-bond donors (Lipinski definition) is 1. The van der Waals surface area contributed by atoms with E-state index in [-0.39, 0.29) is 24.2 Å². The van der Waals surface area contributed by atoms with Gasteiger partial charge in [-0.25, -0.2) is 4.79 Å². The predicted molar refractivity (Wildman–Crippen MR) is 84.4 cm³/mol. The topological polar surface area (TPSA) is 56.0 Å². The molecule has 2 rings (SSSR count). The summed E-state index contributed by atoms with van der Waals surface area (Å²) in [6.45, 7) is 6.69. The van der Waals surface area contributed by atoms with Gasteiger partial charge in [0.2, 0.25) is 5.91 Å². The van der Waals surface area contributed by atoms with Gasteiger partial charge in [-0.3, -0.25) is 13.9 Å². The highest BCUT2D eigenvalue weighted by Gasteiger charge is 2.15. The third kappa shape index (κ3) is 3.01. The van der Waals surface area contributed by atoms with Crippen LogP contribution in [0.25, 0.3) is 11.0 Å². The summed E-state index contributed by atoms with van der Waals surface area (Å²) in [5, 5.41) is 2.98. The lowest BCUT2D eigenvalue weighted by Gasteiger charge is -2.14. The summed E-state index contributed by atoms with van der Waals surface area (Å²) >= 11 is 0. The molecule has 5 heteroatoms. The van der Waals surface area contributed by atoms with Gasteiger partial charge in [0.05, 0.1) is 11.0 Å². The normalized spacial score (nSPS) is 11.2. The summed E-state index contributed by atoms with van der Waals surface area (Å²) in [6.07, 6.45) is 1.79. The summed E-state index contributed by atoms with van der Waals surface area (Å²) < 4.78 is 3.25. The summed E-state index contributed by atoms with van der Waals surface area (Å²) in [4.78, 5) is 24.6. The van der Waals surface area contributed by atoms with Gasteiger partial charge >= 0.3 is 5.69 Å². The van der Waals surface area contributed by atoms with E-state index < -0.39 is 0 Å². The minimum Gasteiger partial charge on any atom is -0.352 e. The van der Waals surface area contributed by atoms with Crippen molar-refractivity contribution in [3.05, 3.63) is 34.7 Å². The maximum Gasteiger partial charge on any atom is 0.329 e. The standard InChI is InChI=1S/C16H23N3O2/c1-4-12(5-2)17-15(20)11-19-14-10-8-7-9-13(14)18(6-3)16(19)21/h7-10,12H,4-6,11H2,1-3H3,(H,17,20). The zero-order valence-electron chi connectivity index (χ0n) is 12.9. The molecule has 0 fully saturated rings. The van der Waals surface area contributed by atoms with Crippen LogP contribution in [-0.2, 0) is 17.9 Å². The van der Waals surface area contributed by atoms with Gasteiger partial charge < -0.3 is 5.32 Å². The molecule has 0 aliphatic rings. The van der Waals surface area contributed by atoms with E-state index in [9.17, 15) is 9.59 Å². The fourth-order valence-corrected chi connectivity index (χ4v) is 2.64. The first kappa shape index (κ1) is 15.4. The molecule has 1 aromatic carbocycles. The highest BCUT2D eigenvalue weighted by Crippen LogP contribution is 2.12. The van der Waals surface area contributed by atoms with Crippen molar-refractivity contribution in [3.8, 4) is 0 Å². The second-order valence-corrected chi connectivity index (χ2v) is 5.18. The van der Waals surface area contributed by atoms with Gasteiger partial charge in [0.25, 0.3) is 0 Å². The highest BCUT2D eigenvalue weighted by molar-refractivity contribution is 5.81. The van der Waals surface area contributed by atoms with E-state index in [0.29, 0.717) is 6.54 Å². The van der Waals surface area contributed by atoms with Crippen molar-refractivity contribution in [2.45, 2.75) is 52.7 Å². The number of para-hydroxylation sites is 2. The quantitative estimate of drug-likeness (QED) is 0.885. The molecule has 21 heavy (non-hydrogen) atoms. The number of nitrogens with zero attached hydrogens (tertiary/aromatic N) is 2. The van der Waals surface area contributed by atoms with E-state index in [1.54, 1.807) is 9.13 Å². The van der Waals surface area contributed by atoms with Crippen molar-refractivity contribution in [3.63, 3.8) is 0 Å². The van der Waals surface area contributed by atoms with E-state index in [4.69, 9.17) is 0 Å². The SMILES string of the molecule is CCC(CC)NC(=O)Cn1c(=O)n(CC)c2ccccc21. The fourth-order valence-electron chi connectivity index (χ4n) is 2.64. The van der Waals surface area contributed by atoms with Crippen molar-refractivity contribution in [2.75, 3.05) is 0 Å². The molecule has 0 saturated heterocycles. The maximum absolute atomic E-state index is 12.4. The van der Waals surface area contributed by atoms with Crippen LogP contribution < -0.4 is 11.0 Å². The van der Waals surface area contributed by atoms with Gasteiger partial charge in [0.15, 0.2) is 0 Å². The van der Waals surface area contributed by atoms with Gasteiger partial charge in [0.1, 0.15) is 6.54 Å². The number of carbonyl (C=O) groups is 1. The third-order valence-electron chi connectivity index (χ3n) is 3.89. The number of hydrogen-bond acceptors (Lipinski definition) is 2. The number of carbonyl (C=O) groups excluding carboxylic acids is 1. The Hall–Kier alpha value is -2.04. The van der Waals surface area contributed by atoms with Crippen LogP contribution in [0.1, 0.15) is 33.6 Å². The summed E-state index contributed by atoms with van der Waals surface area (Å²) in [7, 11) is 0. The Labute approximate surface area is 124 Å². The van der Waals surface area contributed by atoms with E-state index in [0.717, 1.165) is 23.9 Å². The number of aryl methyl sites for hydroxylation is 1. The molecule has 0 bridgehead atoms. The molecule has 0 atom stereocenters. The molecular formula is C16H23N3O2.